The fourth-order valence-corrected chi connectivity index (χ4v) is 5.17. The molecule has 2 rings (SSSR count). The minimum atomic E-state index is -0.0253. The zero-order valence-corrected chi connectivity index (χ0v) is 16.1. The lowest BCUT2D eigenvalue weighted by atomic mass is 9.89. The molecule has 0 aliphatic carbocycles. The van der Waals surface area contributed by atoms with Crippen LogP contribution in [0, 0.1) is 6.92 Å². The minimum absolute atomic E-state index is 0.0253. The molecule has 128 valence electrons. The third-order valence-electron chi connectivity index (χ3n) is 4.55. The summed E-state index contributed by atoms with van der Waals surface area (Å²) in [5.74, 6) is 0.421. The van der Waals surface area contributed by atoms with Crippen LogP contribution in [0.4, 0.5) is 0 Å². The first-order valence-corrected chi connectivity index (χ1v) is 9.65. The number of nitrogens with zero attached hydrogens (tertiary/aromatic N) is 1. The van der Waals surface area contributed by atoms with Crippen LogP contribution in [0.5, 0.6) is 5.75 Å². The molecule has 2 unspecified atom stereocenters. The Hall–Kier alpha value is -1.66. The van der Waals surface area contributed by atoms with E-state index in [-0.39, 0.29) is 5.16 Å². The minimum Gasteiger partial charge on any atom is -0.508 e. The number of hydrogen-bond acceptors (Lipinski definition) is 2. The largest absolute Gasteiger partial charge is 0.508 e. The van der Waals surface area contributed by atoms with Crippen molar-refractivity contribution in [1.82, 2.24) is 0 Å². The molecular weight excluding hydrogens is 313 g/mol. The third kappa shape index (κ3) is 4.05. The van der Waals surface area contributed by atoms with Gasteiger partial charge in [-0.3, -0.25) is 4.99 Å². The molecule has 3 heteroatoms. The van der Waals surface area contributed by atoms with E-state index in [4.69, 9.17) is 0 Å². The van der Waals surface area contributed by atoms with Crippen LogP contribution in [-0.2, 0) is 5.16 Å². The number of phenols is 1. The lowest BCUT2D eigenvalue weighted by Crippen LogP contribution is -2.24. The quantitative estimate of drug-likeness (QED) is 0.548. The summed E-state index contributed by atoms with van der Waals surface area (Å²) in [7, 11) is 2.41. The second-order valence-corrected chi connectivity index (χ2v) is 8.05. The van der Waals surface area contributed by atoms with E-state index in [0.717, 1.165) is 24.8 Å². The van der Waals surface area contributed by atoms with Crippen molar-refractivity contribution in [2.24, 2.45) is 4.99 Å². The molecule has 2 nitrogen and oxygen atoms in total. The van der Waals surface area contributed by atoms with Crippen LogP contribution < -0.4 is 5.30 Å². The standard InChI is InChI=1S/C21H28NOP/c1-5-13-21(6-2,18-14-16(3)11-12-19(18)23)24-20-10-8-7-9-17(20)15-22-4/h7-12,14-15,23-24H,5-6,13H2,1-4H3/b22-15+. The van der Waals surface area contributed by atoms with Crippen LogP contribution in [0.1, 0.15) is 49.8 Å². The molecule has 2 atom stereocenters. The third-order valence-corrected chi connectivity index (χ3v) is 6.63. The van der Waals surface area contributed by atoms with Gasteiger partial charge in [0.15, 0.2) is 0 Å². The van der Waals surface area contributed by atoms with Gasteiger partial charge in [0.1, 0.15) is 5.75 Å². The summed E-state index contributed by atoms with van der Waals surface area (Å²) >= 11 is 0. The predicted octanol–water partition coefficient (Wildman–Crippen LogP) is 5.16. The summed E-state index contributed by atoms with van der Waals surface area (Å²) in [5, 5.41) is 11.9. The first-order valence-electron chi connectivity index (χ1n) is 8.65. The lowest BCUT2D eigenvalue weighted by molar-refractivity contribution is 0.442. The molecule has 0 saturated carbocycles. The van der Waals surface area contributed by atoms with Crippen LogP contribution in [-0.4, -0.2) is 18.4 Å². The van der Waals surface area contributed by atoms with Gasteiger partial charge in [0.25, 0.3) is 0 Å². The SMILES string of the molecule is CCCC(CC)(Pc1ccccc1/C=N/C)c1cc(C)ccc1O. The van der Waals surface area contributed by atoms with Gasteiger partial charge in [-0.05, 0) is 36.7 Å². The molecule has 0 aliphatic rings. The van der Waals surface area contributed by atoms with Gasteiger partial charge in [-0.15, -0.1) is 0 Å². The van der Waals surface area contributed by atoms with Crippen LogP contribution in [0.15, 0.2) is 47.5 Å². The Labute approximate surface area is 147 Å². The van der Waals surface area contributed by atoms with Crippen molar-refractivity contribution >= 4 is 20.1 Å². The second kappa shape index (κ2) is 8.44. The highest BCUT2D eigenvalue weighted by Crippen LogP contribution is 2.50. The molecule has 2 aromatic carbocycles. The number of hydrogen-bond donors (Lipinski definition) is 1. The van der Waals surface area contributed by atoms with Crippen LogP contribution in [0.2, 0.25) is 0 Å². The molecule has 1 N–H and O–H groups in total. The Kier molecular flexibility index (Phi) is 6.57. The van der Waals surface area contributed by atoms with Crippen LogP contribution in [0.3, 0.4) is 0 Å². The number of benzene rings is 2. The second-order valence-electron chi connectivity index (χ2n) is 6.31. The summed E-state index contributed by atoms with van der Waals surface area (Å²) in [6, 6.07) is 14.5. The van der Waals surface area contributed by atoms with Gasteiger partial charge in [0.05, 0.1) is 0 Å². The highest BCUT2D eigenvalue weighted by Gasteiger charge is 2.33. The molecule has 0 aromatic heterocycles. The van der Waals surface area contributed by atoms with Crippen molar-refractivity contribution in [1.29, 1.82) is 0 Å². The molecule has 24 heavy (non-hydrogen) atoms. The molecule has 0 spiro atoms. The Morgan fingerprint density at radius 1 is 1.17 bits per heavy atom. The average molecular weight is 341 g/mol. The van der Waals surface area contributed by atoms with E-state index in [1.807, 2.05) is 25.4 Å². The monoisotopic (exact) mass is 341 g/mol. The Bertz CT molecular complexity index is 711. The zero-order chi connectivity index (χ0) is 17.6. The molecule has 0 radical (unpaired) electrons. The summed E-state index contributed by atoms with van der Waals surface area (Å²) in [6.07, 6.45) is 5.10. The summed E-state index contributed by atoms with van der Waals surface area (Å²) < 4.78 is 0. The lowest BCUT2D eigenvalue weighted by Gasteiger charge is -2.35. The predicted molar refractivity (Wildman–Crippen MR) is 108 cm³/mol. The zero-order valence-electron chi connectivity index (χ0n) is 15.1. The number of aromatic hydroxyl groups is 1. The number of aryl methyl sites for hydroxylation is 1. The van der Waals surface area contributed by atoms with E-state index in [2.05, 4.69) is 56.1 Å². The first kappa shape index (κ1) is 18.7. The molecule has 0 aliphatic heterocycles. The van der Waals surface area contributed by atoms with Crippen molar-refractivity contribution in [3.05, 3.63) is 59.2 Å². The molecule has 2 aromatic rings. The average Bonchev–Trinajstić information content (AvgIpc) is 2.58. The normalized spacial score (nSPS) is 14.5. The molecule has 0 heterocycles. The Balaban J connectivity index is 2.55. The number of aliphatic imine (C=N–C) groups is 1. The van der Waals surface area contributed by atoms with Gasteiger partial charge >= 0.3 is 0 Å². The van der Waals surface area contributed by atoms with Gasteiger partial charge in [0.2, 0.25) is 0 Å². The summed E-state index contributed by atoms with van der Waals surface area (Å²) in [6.45, 7) is 6.55. The van der Waals surface area contributed by atoms with Gasteiger partial charge < -0.3 is 5.11 Å². The molecule has 0 amide bonds. The van der Waals surface area contributed by atoms with E-state index in [1.165, 1.54) is 16.4 Å². The number of rotatable bonds is 7. The Morgan fingerprint density at radius 2 is 1.92 bits per heavy atom. The van der Waals surface area contributed by atoms with E-state index in [0.29, 0.717) is 14.3 Å². The molecule has 0 saturated heterocycles. The fraction of sp³-hybridized carbons (Fsp3) is 0.381. The maximum Gasteiger partial charge on any atom is 0.119 e. The van der Waals surface area contributed by atoms with Gasteiger partial charge in [-0.1, -0.05) is 70.8 Å². The van der Waals surface area contributed by atoms with Gasteiger partial charge in [-0.25, -0.2) is 0 Å². The smallest absolute Gasteiger partial charge is 0.119 e. The van der Waals surface area contributed by atoms with Crippen molar-refractivity contribution in [3.8, 4) is 5.75 Å². The molecule has 0 bridgehead atoms. The van der Waals surface area contributed by atoms with Crippen LogP contribution >= 0.6 is 8.58 Å². The van der Waals surface area contributed by atoms with Crippen molar-refractivity contribution in [2.45, 2.75) is 45.2 Å². The Morgan fingerprint density at radius 3 is 2.58 bits per heavy atom. The maximum absolute atomic E-state index is 10.6. The molecular formula is C21H28NOP. The van der Waals surface area contributed by atoms with Crippen molar-refractivity contribution in [3.63, 3.8) is 0 Å². The van der Waals surface area contributed by atoms with Crippen molar-refractivity contribution < 1.29 is 5.11 Å². The maximum atomic E-state index is 10.6. The first-order chi connectivity index (χ1) is 11.6. The fourth-order valence-electron chi connectivity index (χ4n) is 3.30. The van der Waals surface area contributed by atoms with E-state index >= 15 is 0 Å². The summed E-state index contributed by atoms with van der Waals surface area (Å²) in [4.78, 5) is 4.20. The van der Waals surface area contributed by atoms with E-state index in [9.17, 15) is 5.11 Å². The van der Waals surface area contributed by atoms with Gasteiger partial charge in [0, 0.05) is 24.0 Å². The number of phenolic OH excluding ortho intramolecular Hbond substituents is 1. The highest BCUT2D eigenvalue weighted by atomic mass is 31.1. The highest BCUT2D eigenvalue weighted by molar-refractivity contribution is 7.48. The summed E-state index contributed by atoms with van der Waals surface area (Å²) in [5.41, 5.74) is 3.47. The topological polar surface area (TPSA) is 32.6 Å². The van der Waals surface area contributed by atoms with E-state index in [1.54, 1.807) is 0 Å². The van der Waals surface area contributed by atoms with E-state index < -0.39 is 0 Å². The van der Waals surface area contributed by atoms with Crippen LogP contribution in [0.25, 0.3) is 0 Å². The van der Waals surface area contributed by atoms with Gasteiger partial charge in [-0.2, -0.15) is 0 Å². The molecule has 0 fully saturated rings. The van der Waals surface area contributed by atoms with Crippen molar-refractivity contribution in [2.75, 3.05) is 7.05 Å².